The Morgan fingerprint density at radius 3 is 2.95 bits per heavy atom. The summed E-state index contributed by atoms with van der Waals surface area (Å²) in [6, 6.07) is 4.04. The Balaban J connectivity index is 2.21. The fourth-order valence-corrected chi connectivity index (χ4v) is 2.67. The summed E-state index contributed by atoms with van der Waals surface area (Å²) < 4.78 is 5.57. The zero-order chi connectivity index (χ0) is 15.4. The van der Waals surface area contributed by atoms with Crippen LogP contribution < -0.4 is 5.32 Å². The van der Waals surface area contributed by atoms with Crippen LogP contribution in [-0.4, -0.2) is 35.3 Å². The van der Waals surface area contributed by atoms with Gasteiger partial charge < -0.3 is 15.2 Å². The van der Waals surface area contributed by atoms with Gasteiger partial charge in [0.15, 0.2) is 0 Å². The predicted molar refractivity (Wildman–Crippen MR) is 76.7 cm³/mol. The van der Waals surface area contributed by atoms with E-state index in [1.807, 2.05) is 6.92 Å². The Kier molecular flexibility index (Phi) is 4.74. The smallest absolute Gasteiger partial charge is 0.338 e. The number of nitrogens with zero attached hydrogens (tertiary/aromatic N) is 1. The van der Waals surface area contributed by atoms with Crippen LogP contribution in [0, 0.1) is 16.0 Å². The van der Waals surface area contributed by atoms with Crippen LogP contribution in [-0.2, 0) is 4.74 Å². The largest absolute Gasteiger partial charge is 0.478 e. The van der Waals surface area contributed by atoms with Crippen molar-refractivity contribution in [2.45, 2.75) is 25.9 Å². The molecule has 0 aromatic heterocycles. The van der Waals surface area contributed by atoms with E-state index in [1.165, 1.54) is 18.2 Å². The van der Waals surface area contributed by atoms with Gasteiger partial charge in [-0.1, -0.05) is 13.0 Å². The predicted octanol–water partition coefficient (Wildman–Crippen LogP) is 2.52. The Morgan fingerprint density at radius 1 is 1.57 bits per heavy atom. The normalized spacial score (nSPS) is 21.2. The molecule has 2 atom stereocenters. The Labute approximate surface area is 122 Å². The van der Waals surface area contributed by atoms with Crippen LogP contribution in [0.1, 0.15) is 30.1 Å². The molecular formula is C14H18N2O5. The van der Waals surface area contributed by atoms with E-state index in [9.17, 15) is 20.0 Å². The van der Waals surface area contributed by atoms with Gasteiger partial charge in [0, 0.05) is 25.1 Å². The number of nitro benzene ring substituents is 1. The van der Waals surface area contributed by atoms with E-state index in [0.717, 1.165) is 12.8 Å². The number of nitrogens with one attached hydrogen (secondary N) is 1. The lowest BCUT2D eigenvalue weighted by molar-refractivity contribution is -0.384. The van der Waals surface area contributed by atoms with Crippen LogP contribution in [0.2, 0.25) is 0 Å². The molecule has 1 aromatic carbocycles. The highest BCUT2D eigenvalue weighted by Crippen LogP contribution is 2.30. The molecule has 0 saturated carbocycles. The Bertz CT molecular complexity index is 514. The minimum Gasteiger partial charge on any atom is -0.478 e. The molecule has 1 aliphatic rings. The molecule has 21 heavy (non-hydrogen) atoms. The zero-order valence-electron chi connectivity index (χ0n) is 11.7. The first-order chi connectivity index (χ1) is 10.0. The summed E-state index contributed by atoms with van der Waals surface area (Å²) in [6.07, 6.45) is 1.86. The molecule has 2 unspecified atom stereocenters. The molecule has 0 bridgehead atoms. The minimum absolute atomic E-state index is 0.0664. The molecule has 2 rings (SSSR count). The first-order valence-electron chi connectivity index (χ1n) is 6.90. The van der Waals surface area contributed by atoms with Gasteiger partial charge in [-0.3, -0.25) is 10.1 Å². The number of aromatic carboxylic acids is 1. The average molecular weight is 294 g/mol. The van der Waals surface area contributed by atoms with E-state index in [1.54, 1.807) is 0 Å². The minimum atomic E-state index is -1.18. The number of carboxylic acids is 1. The van der Waals surface area contributed by atoms with Crippen molar-refractivity contribution in [3.05, 3.63) is 33.9 Å². The fourth-order valence-electron chi connectivity index (χ4n) is 2.67. The highest BCUT2D eigenvalue weighted by atomic mass is 16.6. The molecule has 0 radical (unpaired) electrons. The van der Waals surface area contributed by atoms with Gasteiger partial charge >= 0.3 is 5.97 Å². The number of carbonyl (C=O) groups is 1. The standard InChI is InChI=1S/C14H18N2O5/c1-2-12-9(6-7-21-12)8-15-13-10(14(17)18)4-3-5-11(13)16(19)20/h3-5,9,12,15H,2,6-8H2,1H3,(H,17,18). The van der Waals surface area contributed by atoms with E-state index in [4.69, 9.17) is 4.74 Å². The van der Waals surface area contributed by atoms with Crippen LogP contribution in [0.15, 0.2) is 18.2 Å². The van der Waals surface area contributed by atoms with Crippen molar-refractivity contribution < 1.29 is 19.6 Å². The maximum absolute atomic E-state index is 11.2. The van der Waals surface area contributed by atoms with Gasteiger partial charge in [-0.25, -0.2) is 4.79 Å². The number of carboxylic acid groups (broad SMARTS) is 1. The summed E-state index contributed by atoms with van der Waals surface area (Å²) in [5.41, 5.74) is -0.241. The molecule has 0 aliphatic carbocycles. The second kappa shape index (κ2) is 6.53. The summed E-state index contributed by atoms with van der Waals surface area (Å²) >= 11 is 0. The molecule has 7 heteroatoms. The van der Waals surface area contributed by atoms with Crippen molar-refractivity contribution in [2.24, 2.45) is 5.92 Å². The molecule has 114 valence electrons. The lowest BCUT2D eigenvalue weighted by atomic mass is 9.99. The number of anilines is 1. The molecule has 1 aromatic rings. The van der Waals surface area contributed by atoms with E-state index < -0.39 is 10.9 Å². The summed E-state index contributed by atoms with van der Waals surface area (Å²) in [4.78, 5) is 21.7. The third kappa shape index (κ3) is 3.30. The van der Waals surface area contributed by atoms with Crippen LogP contribution in [0.4, 0.5) is 11.4 Å². The van der Waals surface area contributed by atoms with Crippen LogP contribution in [0.3, 0.4) is 0 Å². The topological polar surface area (TPSA) is 102 Å². The van der Waals surface area contributed by atoms with Gasteiger partial charge in [0.05, 0.1) is 16.6 Å². The van der Waals surface area contributed by atoms with Crippen LogP contribution in [0.5, 0.6) is 0 Å². The fraction of sp³-hybridized carbons (Fsp3) is 0.500. The number of hydrogen-bond donors (Lipinski definition) is 2. The van der Waals surface area contributed by atoms with E-state index >= 15 is 0 Å². The number of hydrogen-bond acceptors (Lipinski definition) is 5. The summed E-state index contributed by atoms with van der Waals surface area (Å²) in [5, 5.41) is 23.2. The molecule has 7 nitrogen and oxygen atoms in total. The van der Waals surface area contributed by atoms with E-state index in [2.05, 4.69) is 5.32 Å². The molecule has 1 aliphatic heterocycles. The quantitative estimate of drug-likeness (QED) is 0.617. The van der Waals surface area contributed by atoms with Crippen molar-refractivity contribution in [3.8, 4) is 0 Å². The third-order valence-electron chi connectivity index (χ3n) is 3.76. The number of ether oxygens (including phenoxy) is 1. The molecule has 1 fully saturated rings. The Hall–Kier alpha value is -2.15. The molecule has 2 N–H and O–H groups in total. The van der Waals surface area contributed by atoms with Gasteiger partial charge in [-0.15, -0.1) is 0 Å². The van der Waals surface area contributed by atoms with Crippen molar-refractivity contribution in [3.63, 3.8) is 0 Å². The number of rotatable bonds is 6. The first-order valence-corrected chi connectivity index (χ1v) is 6.90. The molecule has 1 heterocycles. The second-order valence-corrected chi connectivity index (χ2v) is 5.01. The number of para-hydroxylation sites is 1. The number of nitro groups is 1. The maximum atomic E-state index is 11.2. The SMILES string of the molecule is CCC1OCCC1CNc1c(C(=O)O)cccc1[N+](=O)[O-]. The van der Waals surface area contributed by atoms with Crippen molar-refractivity contribution >= 4 is 17.3 Å². The molecule has 0 spiro atoms. The summed E-state index contributed by atoms with van der Waals surface area (Å²) in [6.45, 7) is 3.16. The van der Waals surface area contributed by atoms with Crippen LogP contribution >= 0.6 is 0 Å². The highest BCUT2D eigenvalue weighted by molar-refractivity contribution is 5.96. The Morgan fingerprint density at radius 2 is 2.33 bits per heavy atom. The molecule has 0 amide bonds. The monoisotopic (exact) mass is 294 g/mol. The zero-order valence-corrected chi connectivity index (χ0v) is 11.7. The first kappa shape index (κ1) is 15.2. The second-order valence-electron chi connectivity index (χ2n) is 5.01. The van der Waals surface area contributed by atoms with Gasteiger partial charge in [-0.2, -0.15) is 0 Å². The lowest BCUT2D eigenvalue weighted by Gasteiger charge is -2.18. The van der Waals surface area contributed by atoms with Crippen molar-refractivity contribution in [2.75, 3.05) is 18.5 Å². The molecule has 1 saturated heterocycles. The highest BCUT2D eigenvalue weighted by Gasteiger charge is 2.28. The lowest BCUT2D eigenvalue weighted by Crippen LogP contribution is -2.23. The van der Waals surface area contributed by atoms with Gasteiger partial charge in [0.25, 0.3) is 5.69 Å². The molecular weight excluding hydrogens is 276 g/mol. The van der Waals surface area contributed by atoms with Gasteiger partial charge in [0.1, 0.15) is 5.69 Å². The maximum Gasteiger partial charge on any atom is 0.338 e. The van der Waals surface area contributed by atoms with Crippen molar-refractivity contribution in [1.82, 2.24) is 0 Å². The van der Waals surface area contributed by atoms with Gasteiger partial charge in [0.2, 0.25) is 0 Å². The van der Waals surface area contributed by atoms with E-state index in [-0.39, 0.29) is 29.0 Å². The van der Waals surface area contributed by atoms with E-state index in [0.29, 0.717) is 13.2 Å². The van der Waals surface area contributed by atoms with Crippen LogP contribution in [0.25, 0.3) is 0 Å². The summed E-state index contributed by atoms with van der Waals surface area (Å²) in [5.74, 6) is -0.952. The third-order valence-corrected chi connectivity index (χ3v) is 3.76. The average Bonchev–Trinajstić information content (AvgIpc) is 2.91. The number of benzene rings is 1. The van der Waals surface area contributed by atoms with Crippen molar-refractivity contribution in [1.29, 1.82) is 0 Å². The summed E-state index contributed by atoms with van der Waals surface area (Å²) in [7, 11) is 0. The van der Waals surface area contributed by atoms with Gasteiger partial charge in [-0.05, 0) is 18.9 Å².